The lowest BCUT2D eigenvalue weighted by Gasteiger charge is -2.20. The van der Waals surface area contributed by atoms with Crippen LogP contribution in [-0.2, 0) is 9.84 Å². The molecule has 2 N–H and O–H groups in total. The molecule has 1 rings (SSSR count). The highest BCUT2D eigenvalue weighted by atomic mass is 32.2. The van der Waals surface area contributed by atoms with Crippen LogP contribution in [0.1, 0.15) is 31.9 Å². The number of sulfone groups is 1. The van der Waals surface area contributed by atoms with Gasteiger partial charge < -0.3 is 10.6 Å². The van der Waals surface area contributed by atoms with Crippen molar-refractivity contribution in [2.45, 2.75) is 37.2 Å². The number of carbonyl (C=O) groups is 1. The highest BCUT2D eigenvalue weighted by molar-refractivity contribution is 7.98. The molecule has 0 radical (unpaired) electrons. The van der Waals surface area contributed by atoms with E-state index in [1.54, 1.807) is 18.7 Å². The number of carbonyl (C=O) groups excluding carboxylic acids is 1. The third-order valence-electron chi connectivity index (χ3n) is 3.25. The van der Waals surface area contributed by atoms with Crippen molar-refractivity contribution in [2.24, 2.45) is 0 Å². The molecule has 124 valence electrons. The highest BCUT2D eigenvalue weighted by Gasteiger charge is 2.15. The molecule has 2 atom stereocenters. The first kappa shape index (κ1) is 18.8. The van der Waals surface area contributed by atoms with E-state index in [4.69, 9.17) is 0 Å². The largest absolute Gasteiger partial charge is 0.336 e. The zero-order valence-electron chi connectivity index (χ0n) is 13.4. The standard InChI is InChI=1S/C15H24N2O3S2/c1-11(9-10-22(4,19)20)16-15(18)17-12(2)13-7-5-6-8-14(13)21-3/h5-8,11-12H,9-10H2,1-4H3,(H2,16,17,18)/t11-,12+/m0/s1. The van der Waals surface area contributed by atoms with Crippen molar-refractivity contribution < 1.29 is 13.2 Å². The van der Waals surface area contributed by atoms with E-state index in [1.165, 1.54) is 6.26 Å². The highest BCUT2D eigenvalue weighted by Crippen LogP contribution is 2.25. The van der Waals surface area contributed by atoms with Gasteiger partial charge in [0.1, 0.15) is 9.84 Å². The zero-order chi connectivity index (χ0) is 16.8. The molecule has 0 saturated heterocycles. The molecule has 0 fully saturated rings. The molecule has 22 heavy (non-hydrogen) atoms. The third kappa shape index (κ3) is 6.70. The second kappa shape index (κ2) is 8.43. The van der Waals surface area contributed by atoms with Gasteiger partial charge in [0.15, 0.2) is 0 Å². The molecule has 0 bridgehead atoms. The summed E-state index contributed by atoms with van der Waals surface area (Å²) in [5.41, 5.74) is 1.06. The number of hydrogen-bond donors (Lipinski definition) is 2. The van der Waals surface area contributed by atoms with Gasteiger partial charge in [-0.25, -0.2) is 13.2 Å². The van der Waals surface area contributed by atoms with Crippen molar-refractivity contribution in [3.63, 3.8) is 0 Å². The van der Waals surface area contributed by atoms with Crippen LogP contribution in [0, 0.1) is 0 Å². The Morgan fingerprint density at radius 3 is 2.45 bits per heavy atom. The lowest BCUT2D eigenvalue weighted by molar-refractivity contribution is 0.234. The van der Waals surface area contributed by atoms with Crippen molar-refractivity contribution in [1.29, 1.82) is 0 Å². The fourth-order valence-electron chi connectivity index (χ4n) is 2.03. The Labute approximate surface area is 137 Å². The van der Waals surface area contributed by atoms with Gasteiger partial charge in [0.2, 0.25) is 0 Å². The summed E-state index contributed by atoms with van der Waals surface area (Å²) in [7, 11) is -3.00. The Bertz CT molecular complexity index is 603. The maximum absolute atomic E-state index is 12.0. The normalized spacial score (nSPS) is 14.2. The number of urea groups is 1. The van der Waals surface area contributed by atoms with Crippen molar-refractivity contribution in [3.05, 3.63) is 29.8 Å². The van der Waals surface area contributed by atoms with Crippen LogP contribution in [0.3, 0.4) is 0 Å². The van der Waals surface area contributed by atoms with Crippen molar-refractivity contribution in [1.82, 2.24) is 10.6 Å². The maximum atomic E-state index is 12.0. The summed E-state index contributed by atoms with van der Waals surface area (Å²) >= 11 is 1.64. The van der Waals surface area contributed by atoms with E-state index < -0.39 is 9.84 Å². The fraction of sp³-hybridized carbons (Fsp3) is 0.533. The van der Waals surface area contributed by atoms with Crippen molar-refractivity contribution in [2.75, 3.05) is 18.3 Å². The van der Waals surface area contributed by atoms with E-state index in [0.29, 0.717) is 6.42 Å². The molecular formula is C15H24N2O3S2. The summed E-state index contributed by atoms with van der Waals surface area (Å²) < 4.78 is 22.2. The van der Waals surface area contributed by atoms with Crippen LogP contribution in [0.5, 0.6) is 0 Å². The first-order chi connectivity index (χ1) is 10.2. The van der Waals surface area contributed by atoms with E-state index in [2.05, 4.69) is 10.6 Å². The van der Waals surface area contributed by atoms with Crippen LogP contribution in [0.15, 0.2) is 29.2 Å². The number of hydrogen-bond acceptors (Lipinski definition) is 4. The second-order valence-electron chi connectivity index (χ2n) is 5.40. The maximum Gasteiger partial charge on any atom is 0.315 e. The summed E-state index contributed by atoms with van der Waals surface area (Å²) in [5, 5.41) is 5.66. The Balaban J connectivity index is 2.54. The quantitative estimate of drug-likeness (QED) is 0.746. The van der Waals surface area contributed by atoms with Crippen LogP contribution in [0.2, 0.25) is 0 Å². The molecule has 1 aromatic carbocycles. The molecule has 0 aliphatic heterocycles. The van der Waals surface area contributed by atoms with Crippen LogP contribution >= 0.6 is 11.8 Å². The molecule has 7 heteroatoms. The number of benzene rings is 1. The van der Waals surface area contributed by atoms with Gasteiger partial charge >= 0.3 is 6.03 Å². The summed E-state index contributed by atoms with van der Waals surface area (Å²) in [5.74, 6) is 0.0688. The van der Waals surface area contributed by atoms with E-state index in [1.807, 2.05) is 37.4 Å². The zero-order valence-corrected chi connectivity index (χ0v) is 15.1. The van der Waals surface area contributed by atoms with E-state index in [-0.39, 0.29) is 23.9 Å². The number of thioether (sulfide) groups is 1. The van der Waals surface area contributed by atoms with Crippen LogP contribution < -0.4 is 10.6 Å². The molecule has 0 aliphatic carbocycles. The molecule has 0 aromatic heterocycles. The molecule has 0 spiro atoms. The first-order valence-corrected chi connectivity index (χ1v) is 10.4. The van der Waals surface area contributed by atoms with E-state index in [9.17, 15) is 13.2 Å². The first-order valence-electron chi connectivity index (χ1n) is 7.10. The number of rotatable bonds is 7. The SMILES string of the molecule is CSc1ccccc1[C@@H](C)NC(=O)N[C@@H](C)CCS(C)(=O)=O. The summed E-state index contributed by atoms with van der Waals surface area (Å²) in [6.45, 7) is 3.72. The van der Waals surface area contributed by atoms with Gasteiger partial charge in [0.25, 0.3) is 0 Å². The van der Waals surface area contributed by atoms with Crippen LogP contribution in [-0.4, -0.2) is 38.8 Å². The van der Waals surface area contributed by atoms with Gasteiger partial charge in [0.05, 0.1) is 11.8 Å². The Morgan fingerprint density at radius 1 is 1.23 bits per heavy atom. The van der Waals surface area contributed by atoms with Crippen molar-refractivity contribution >= 4 is 27.6 Å². The monoisotopic (exact) mass is 344 g/mol. The number of nitrogens with one attached hydrogen (secondary N) is 2. The van der Waals surface area contributed by atoms with Gasteiger partial charge in [-0.1, -0.05) is 18.2 Å². The minimum absolute atomic E-state index is 0.0688. The average molecular weight is 345 g/mol. The van der Waals surface area contributed by atoms with E-state index >= 15 is 0 Å². The lowest BCUT2D eigenvalue weighted by Crippen LogP contribution is -2.42. The van der Waals surface area contributed by atoms with Gasteiger partial charge in [0, 0.05) is 17.2 Å². The molecule has 2 amide bonds. The van der Waals surface area contributed by atoms with Gasteiger partial charge in [-0.2, -0.15) is 0 Å². The third-order valence-corrected chi connectivity index (χ3v) is 5.04. The summed E-state index contributed by atoms with van der Waals surface area (Å²) in [4.78, 5) is 13.1. The lowest BCUT2D eigenvalue weighted by atomic mass is 10.1. The molecule has 0 unspecified atom stereocenters. The smallest absolute Gasteiger partial charge is 0.315 e. The number of amides is 2. The van der Waals surface area contributed by atoms with Crippen molar-refractivity contribution in [3.8, 4) is 0 Å². The Hall–Kier alpha value is -1.21. The molecule has 0 aliphatic rings. The molecule has 1 aromatic rings. The fourth-order valence-corrected chi connectivity index (χ4v) is 3.50. The Kier molecular flexibility index (Phi) is 7.22. The molecule has 5 nitrogen and oxygen atoms in total. The second-order valence-corrected chi connectivity index (χ2v) is 8.51. The van der Waals surface area contributed by atoms with E-state index in [0.717, 1.165) is 10.5 Å². The van der Waals surface area contributed by atoms with Crippen LogP contribution in [0.4, 0.5) is 4.79 Å². The minimum atomic E-state index is -3.00. The molecule has 0 heterocycles. The predicted octanol–water partition coefficient (Wildman–Crippen LogP) is 2.59. The molecular weight excluding hydrogens is 320 g/mol. The summed E-state index contributed by atoms with van der Waals surface area (Å²) in [6, 6.07) is 7.32. The van der Waals surface area contributed by atoms with Gasteiger partial charge in [-0.15, -0.1) is 11.8 Å². The molecule has 0 saturated carbocycles. The van der Waals surface area contributed by atoms with Crippen LogP contribution in [0.25, 0.3) is 0 Å². The average Bonchev–Trinajstić information content (AvgIpc) is 2.44. The summed E-state index contributed by atoms with van der Waals surface area (Å²) in [6.07, 6.45) is 3.60. The van der Waals surface area contributed by atoms with Gasteiger partial charge in [-0.3, -0.25) is 0 Å². The topological polar surface area (TPSA) is 75.3 Å². The van der Waals surface area contributed by atoms with Gasteiger partial charge in [-0.05, 0) is 38.2 Å². The Morgan fingerprint density at radius 2 is 1.86 bits per heavy atom. The predicted molar refractivity (Wildman–Crippen MR) is 92.1 cm³/mol. The minimum Gasteiger partial charge on any atom is -0.336 e.